The average Bonchev–Trinajstić information content (AvgIpc) is 2.53. The fourth-order valence-corrected chi connectivity index (χ4v) is 3.36. The van der Waals surface area contributed by atoms with Crippen LogP contribution in [-0.4, -0.2) is 25.6 Å². The van der Waals surface area contributed by atoms with Gasteiger partial charge in [0.2, 0.25) is 5.60 Å². The average molecular weight is 316 g/mol. The van der Waals surface area contributed by atoms with E-state index in [0.29, 0.717) is 5.69 Å². The second-order valence-electron chi connectivity index (χ2n) is 4.79. The molecule has 1 heterocycles. The first-order valence-corrected chi connectivity index (χ1v) is 7.87. The minimum absolute atomic E-state index is 0.0153. The maximum absolute atomic E-state index is 12.4. The highest BCUT2D eigenvalue weighted by atomic mass is 32.2. The summed E-state index contributed by atoms with van der Waals surface area (Å²) in [6.07, 6.45) is 0.753. The number of hydrogen-bond acceptors (Lipinski definition) is 4. The van der Waals surface area contributed by atoms with E-state index in [1.54, 1.807) is 36.4 Å². The SMILES string of the molecule is O=C(Nc1ccccc1)C1(O)C=NS(=O)(=O)c2ccccc21. The molecule has 0 saturated heterocycles. The summed E-state index contributed by atoms with van der Waals surface area (Å²) >= 11 is 0. The Bertz CT molecular complexity index is 862. The molecular formula is C15H12N2O4S. The normalized spacial score (nSPS) is 21.9. The van der Waals surface area contributed by atoms with Gasteiger partial charge < -0.3 is 10.4 Å². The predicted octanol–water partition coefficient (Wildman–Crippen LogP) is 1.29. The van der Waals surface area contributed by atoms with Crippen LogP contribution in [0.25, 0.3) is 0 Å². The second kappa shape index (κ2) is 5.04. The van der Waals surface area contributed by atoms with Crippen LogP contribution >= 0.6 is 0 Å². The van der Waals surface area contributed by atoms with Crippen LogP contribution in [0.15, 0.2) is 63.9 Å². The van der Waals surface area contributed by atoms with Gasteiger partial charge in [0, 0.05) is 11.3 Å². The van der Waals surface area contributed by atoms with Gasteiger partial charge in [0.25, 0.3) is 15.9 Å². The van der Waals surface area contributed by atoms with E-state index in [9.17, 15) is 18.3 Å². The Balaban J connectivity index is 2.05. The lowest BCUT2D eigenvalue weighted by Crippen LogP contribution is -2.44. The summed E-state index contributed by atoms with van der Waals surface area (Å²) in [5.74, 6) is -0.773. The maximum atomic E-state index is 12.4. The molecule has 2 aromatic rings. The van der Waals surface area contributed by atoms with Crippen molar-refractivity contribution < 1.29 is 18.3 Å². The molecule has 0 radical (unpaired) electrons. The highest BCUT2D eigenvalue weighted by Crippen LogP contribution is 2.32. The molecule has 6 nitrogen and oxygen atoms in total. The van der Waals surface area contributed by atoms with Crippen LogP contribution in [0, 0.1) is 0 Å². The Morgan fingerprint density at radius 2 is 1.68 bits per heavy atom. The Morgan fingerprint density at radius 3 is 2.41 bits per heavy atom. The van der Waals surface area contributed by atoms with Gasteiger partial charge in [0.05, 0.1) is 11.1 Å². The van der Waals surface area contributed by atoms with E-state index in [0.717, 1.165) is 6.21 Å². The fourth-order valence-electron chi connectivity index (χ4n) is 2.21. The number of fused-ring (bicyclic) bond motifs is 1. The molecule has 0 bridgehead atoms. The van der Waals surface area contributed by atoms with Gasteiger partial charge in [0.1, 0.15) is 0 Å². The topological polar surface area (TPSA) is 95.8 Å². The number of carbonyl (C=O) groups excluding carboxylic acids is 1. The Morgan fingerprint density at radius 1 is 1.05 bits per heavy atom. The molecule has 7 heteroatoms. The summed E-state index contributed by atoms with van der Waals surface area (Å²) in [5.41, 5.74) is -1.67. The van der Waals surface area contributed by atoms with Crippen molar-refractivity contribution >= 4 is 27.8 Å². The molecule has 1 aliphatic rings. The molecule has 1 amide bonds. The molecule has 0 aromatic heterocycles. The summed E-state index contributed by atoms with van der Waals surface area (Å²) in [6.45, 7) is 0. The lowest BCUT2D eigenvalue weighted by molar-refractivity contribution is -0.128. The zero-order valence-corrected chi connectivity index (χ0v) is 12.1. The number of sulfonamides is 1. The molecule has 0 fully saturated rings. The first-order valence-electron chi connectivity index (χ1n) is 6.43. The number of para-hydroxylation sites is 1. The Labute approximate surface area is 127 Å². The molecule has 112 valence electrons. The minimum Gasteiger partial charge on any atom is -0.371 e. The van der Waals surface area contributed by atoms with Crippen molar-refractivity contribution in [2.45, 2.75) is 10.5 Å². The molecule has 3 rings (SSSR count). The third kappa shape index (κ3) is 2.30. The standard InChI is InChI=1S/C15H12N2O4S/c18-14(17-11-6-2-1-3-7-11)15(19)10-16-22(20,21)13-9-5-4-8-12(13)15/h1-10,19H,(H,17,18). The van der Waals surface area contributed by atoms with E-state index in [4.69, 9.17) is 0 Å². The zero-order valence-electron chi connectivity index (χ0n) is 11.3. The van der Waals surface area contributed by atoms with Crippen LogP contribution in [0.3, 0.4) is 0 Å². The molecular weight excluding hydrogens is 304 g/mol. The van der Waals surface area contributed by atoms with Gasteiger partial charge in [-0.25, -0.2) is 0 Å². The Hall–Kier alpha value is -2.51. The molecule has 1 aliphatic heterocycles. The molecule has 2 N–H and O–H groups in total. The lowest BCUT2D eigenvalue weighted by atomic mass is 9.93. The van der Waals surface area contributed by atoms with E-state index >= 15 is 0 Å². The monoisotopic (exact) mass is 316 g/mol. The zero-order chi connectivity index (χ0) is 15.8. The Kier molecular flexibility index (Phi) is 3.31. The summed E-state index contributed by atoms with van der Waals surface area (Å²) in [4.78, 5) is 12.2. The molecule has 1 atom stereocenters. The number of anilines is 1. The van der Waals surface area contributed by atoms with Gasteiger partial charge in [0.15, 0.2) is 0 Å². The molecule has 0 aliphatic carbocycles. The van der Waals surface area contributed by atoms with Crippen LogP contribution in [0.2, 0.25) is 0 Å². The number of hydrogen-bond donors (Lipinski definition) is 2. The first kappa shape index (κ1) is 14.4. The van der Waals surface area contributed by atoms with Gasteiger partial charge in [-0.1, -0.05) is 36.4 Å². The van der Waals surface area contributed by atoms with Crippen molar-refractivity contribution in [2.75, 3.05) is 5.32 Å². The number of rotatable bonds is 2. The summed E-state index contributed by atoms with van der Waals surface area (Å²) in [7, 11) is -3.89. The van der Waals surface area contributed by atoms with Gasteiger partial charge in [-0.15, -0.1) is 0 Å². The number of benzene rings is 2. The number of amides is 1. The molecule has 22 heavy (non-hydrogen) atoms. The van der Waals surface area contributed by atoms with E-state index in [1.165, 1.54) is 18.2 Å². The van der Waals surface area contributed by atoms with Crippen molar-refractivity contribution in [3.8, 4) is 0 Å². The van der Waals surface area contributed by atoms with Crippen molar-refractivity contribution in [1.82, 2.24) is 0 Å². The maximum Gasteiger partial charge on any atom is 0.282 e. The number of nitrogens with zero attached hydrogens (tertiary/aromatic N) is 1. The molecule has 2 aromatic carbocycles. The van der Waals surface area contributed by atoms with Crippen LogP contribution < -0.4 is 5.32 Å². The van der Waals surface area contributed by atoms with Crippen molar-refractivity contribution in [3.05, 3.63) is 60.2 Å². The molecule has 0 spiro atoms. The van der Waals surface area contributed by atoms with Crippen LogP contribution in [0.5, 0.6) is 0 Å². The van der Waals surface area contributed by atoms with Crippen molar-refractivity contribution in [2.24, 2.45) is 4.40 Å². The molecule has 1 unspecified atom stereocenters. The molecule has 0 saturated carbocycles. The first-order chi connectivity index (χ1) is 10.4. The van der Waals surface area contributed by atoms with Gasteiger partial charge >= 0.3 is 0 Å². The predicted molar refractivity (Wildman–Crippen MR) is 81.1 cm³/mol. The van der Waals surface area contributed by atoms with E-state index in [1.807, 2.05) is 0 Å². The third-order valence-electron chi connectivity index (χ3n) is 3.33. The summed E-state index contributed by atoms with van der Waals surface area (Å²) in [5, 5.41) is 13.2. The second-order valence-corrected chi connectivity index (χ2v) is 6.39. The largest absolute Gasteiger partial charge is 0.371 e. The fraction of sp³-hybridized carbons (Fsp3) is 0.0667. The smallest absolute Gasteiger partial charge is 0.282 e. The van der Waals surface area contributed by atoms with E-state index in [2.05, 4.69) is 9.71 Å². The van der Waals surface area contributed by atoms with Gasteiger partial charge in [-0.2, -0.15) is 12.8 Å². The van der Waals surface area contributed by atoms with E-state index < -0.39 is 21.5 Å². The van der Waals surface area contributed by atoms with Crippen molar-refractivity contribution in [3.63, 3.8) is 0 Å². The third-order valence-corrected chi connectivity index (χ3v) is 4.63. The summed E-state index contributed by atoms with van der Waals surface area (Å²) < 4.78 is 27.2. The lowest BCUT2D eigenvalue weighted by Gasteiger charge is -2.27. The summed E-state index contributed by atoms with van der Waals surface area (Å²) in [6, 6.07) is 14.3. The quantitative estimate of drug-likeness (QED) is 0.872. The highest BCUT2D eigenvalue weighted by molar-refractivity contribution is 7.90. The minimum atomic E-state index is -3.89. The number of nitrogens with one attached hydrogen (secondary N) is 1. The van der Waals surface area contributed by atoms with Crippen LogP contribution in [0.1, 0.15) is 5.56 Å². The highest BCUT2D eigenvalue weighted by Gasteiger charge is 2.43. The van der Waals surface area contributed by atoms with E-state index in [-0.39, 0.29) is 10.5 Å². The van der Waals surface area contributed by atoms with Gasteiger partial charge in [-0.05, 0) is 18.2 Å². The van der Waals surface area contributed by atoms with Crippen LogP contribution in [0.4, 0.5) is 5.69 Å². The van der Waals surface area contributed by atoms with Crippen LogP contribution in [-0.2, 0) is 20.4 Å². The van der Waals surface area contributed by atoms with Gasteiger partial charge in [-0.3, -0.25) is 4.79 Å². The number of aliphatic hydroxyl groups is 1. The van der Waals surface area contributed by atoms with Crippen molar-refractivity contribution in [1.29, 1.82) is 0 Å². The number of carbonyl (C=O) groups is 1.